The Labute approximate surface area is 152 Å². The van der Waals surface area contributed by atoms with Crippen molar-refractivity contribution in [2.45, 2.75) is 52.5 Å². The lowest BCUT2D eigenvalue weighted by Gasteiger charge is -2.08. The van der Waals surface area contributed by atoms with E-state index in [0.717, 1.165) is 37.5 Å². The third kappa shape index (κ3) is 3.49. The maximum absolute atomic E-state index is 12.5. The minimum Gasteiger partial charge on any atom is -0.465 e. The number of carbonyl (C=O) groups excluding carboxylic acids is 2. The molecule has 26 heavy (non-hydrogen) atoms. The first-order chi connectivity index (χ1) is 12.5. The van der Waals surface area contributed by atoms with Crippen LogP contribution in [-0.4, -0.2) is 45.3 Å². The number of ether oxygens (including phenoxy) is 1. The van der Waals surface area contributed by atoms with Crippen LogP contribution >= 0.6 is 0 Å². The van der Waals surface area contributed by atoms with Crippen LogP contribution in [-0.2, 0) is 24.1 Å². The molecule has 0 fully saturated rings. The highest BCUT2D eigenvalue weighted by atomic mass is 16.5. The minimum absolute atomic E-state index is 0.239. The first kappa shape index (κ1) is 18.2. The molecule has 0 atom stereocenters. The molecule has 2 aromatic heterocycles. The summed E-state index contributed by atoms with van der Waals surface area (Å²) < 4.78 is 6.95. The third-order valence-corrected chi connectivity index (χ3v) is 4.87. The maximum Gasteiger partial charge on any atom is 0.339 e. The number of aryl methyl sites for hydroxylation is 2. The van der Waals surface area contributed by atoms with Crippen LogP contribution in [0.2, 0.25) is 0 Å². The molecule has 8 heteroatoms. The Balaban J connectivity index is 1.63. The smallest absolute Gasteiger partial charge is 0.339 e. The predicted octanol–water partition coefficient (Wildman–Crippen LogP) is 1.71. The zero-order valence-corrected chi connectivity index (χ0v) is 15.5. The van der Waals surface area contributed by atoms with Gasteiger partial charge in [-0.2, -0.15) is 0 Å². The van der Waals surface area contributed by atoms with Gasteiger partial charge in [0.1, 0.15) is 17.3 Å². The van der Waals surface area contributed by atoms with E-state index in [1.807, 2.05) is 0 Å². The van der Waals surface area contributed by atoms with Crippen molar-refractivity contribution in [3.8, 4) is 0 Å². The number of rotatable bonds is 5. The van der Waals surface area contributed by atoms with Crippen molar-refractivity contribution in [3.63, 3.8) is 0 Å². The quantitative estimate of drug-likeness (QED) is 0.791. The Hall–Kier alpha value is -2.64. The van der Waals surface area contributed by atoms with Crippen molar-refractivity contribution >= 4 is 11.9 Å². The molecule has 0 bridgehead atoms. The van der Waals surface area contributed by atoms with Gasteiger partial charge in [-0.3, -0.25) is 4.79 Å². The Morgan fingerprint density at radius 3 is 2.81 bits per heavy atom. The topological polar surface area (TPSA) is 102 Å². The number of hydrogen-bond acceptors (Lipinski definition) is 5. The van der Waals surface area contributed by atoms with E-state index in [4.69, 9.17) is 4.74 Å². The fourth-order valence-corrected chi connectivity index (χ4v) is 3.49. The molecule has 1 aliphatic heterocycles. The van der Waals surface area contributed by atoms with Crippen LogP contribution in [0.4, 0.5) is 0 Å². The summed E-state index contributed by atoms with van der Waals surface area (Å²) in [6.45, 7) is 4.90. The number of methoxy groups -OCH3 is 1. The van der Waals surface area contributed by atoms with Gasteiger partial charge in [-0.05, 0) is 32.3 Å². The van der Waals surface area contributed by atoms with Gasteiger partial charge in [0.25, 0.3) is 5.91 Å². The molecule has 2 N–H and O–H groups in total. The summed E-state index contributed by atoms with van der Waals surface area (Å²) >= 11 is 0. The van der Waals surface area contributed by atoms with E-state index in [0.29, 0.717) is 35.5 Å². The number of esters is 1. The number of hydrogen-bond donors (Lipinski definition) is 2. The van der Waals surface area contributed by atoms with E-state index in [1.54, 1.807) is 13.8 Å². The Morgan fingerprint density at radius 1 is 1.23 bits per heavy atom. The first-order valence-electron chi connectivity index (χ1n) is 8.99. The molecule has 0 radical (unpaired) electrons. The number of aromatic amines is 1. The second-order valence-electron chi connectivity index (χ2n) is 6.62. The first-order valence-corrected chi connectivity index (χ1v) is 8.99. The molecule has 0 saturated carbocycles. The lowest BCUT2D eigenvalue weighted by molar-refractivity contribution is 0.0599. The lowest BCUT2D eigenvalue weighted by Crippen LogP contribution is -2.27. The lowest BCUT2D eigenvalue weighted by atomic mass is 10.1. The molecule has 0 unspecified atom stereocenters. The van der Waals surface area contributed by atoms with Crippen LogP contribution in [0.25, 0.3) is 0 Å². The Kier molecular flexibility index (Phi) is 5.39. The largest absolute Gasteiger partial charge is 0.465 e. The van der Waals surface area contributed by atoms with Gasteiger partial charge in [0, 0.05) is 31.6 Å². The maximum atomic E-state index is 12.5. The summed E-state index contributed by atoms with van der Waals surface area (Å²) in [6.07, 6.45) is 5.11. The van der Waals surface area contributed by atoms with E-state index in [1.165, 1.54) is 13.5 Å². The van der Waals surface area contributed by atoms with Gasteiger partial charge in [-0.1, -0.05) is 6.42 Å². The fraction of sp³-hybridized carbons (Fsp3) is 0.556. The van der Waals surface area contributed by atoms with Gasteiger partial charge in [0.05, 0.1) is 12.7 Å². The van der Waals surface area contributed by atoms with Crippen LogP contribution in [0.3, 0.4) is 0 Å². The van der Waals surface area contributed by atoms with E-state index in [9.17, 15) is 9.59 Å². The molecule has 0 aliphatic carbocycles. The number of nitrogens with one attached hydrogen (secondary N) is 2. The van der Waals surface area contributed by atoms with Gasteiger partial charge < -0.3 is 19.6 Å². The van der Waals surface area contributed by atoms with E-state index in [2.05, 4.69) is 25.1 Å². The number of carbonyl (C=O) groups is 2. The van der Waals surface area contributed by atoms with Gasteiger partial charge in [0.15, 0.2) is 0 Å². The molecule has 1 aliphatic rings. The average Bonchev–Trinajstić information content (AvgIpc) is 3.04. The normalized spacial score (nSPS) is 13.8. The van der Waals surface area contributed by atoms with Crippen LogP contribution in [0, 0.1) is 13.8 Å². The predicted molar refractivity (Wildman–Crippen MR) is 95.2 cm³/mol. The zero-order chi connectivity index (χ0) is 18.7. The summed E-state index contributed by atoms with van der Waals surface area (Å²) in [5, 5.41) is 11.4. The molecule has 140 valence electrons. The minimum atomic E-state index is -0.443. The monoisotopic (exact) mass is 359 g/mol. The van der Waals surface area contributed by atoms with Gasteiger partial charge in [-0.25, -0.2) is 4.79 Å². The summed E-state index contributed by atoms with van der Waals surface area (Å²) in [4.78, 5) is 27.3. The van der Waals surface area contributed by atoms with Gasteiger partial charge in [-0.15, -0.1) is 10.2 Å². The van der Waals surface area contributed by atoms with Crippen LogP contribution in [0.1, 0.15) is 63.0 Å². The summed E-state index contributed by atoms with van der Waals surface area (Å²) in [6, 6.07) is 0. The summed E-state index contributed by atoms with van der Waals surface area (Å²) in [7, 11) is 1.33. The van der Waals surface area contributed by atoms with E-state index >= 15 is 0 Å². The standard InChI is InChI=1S/C18H25N5O3/c1-11-15(18(25)26-3)12(2)20-16(11)17(24)19-9-8-14-22-21-13-7-5-4-6-10-23(13)14/h20H,4-10H2,1-3H3,(H,19,24). The molecule has 3 rings (SSSR count). The molecular weight excluding hydrogens is 334 g/mol. The van der Waals surface area contributed by atoms with Crippen molar-refractivity contribution in [1.82, 2.24) is 25.1 Å². The average molecular weight is 359 g/mol. The van der Waals surface area contributed by atoms with Crippen molar-refractivity contribution in [2.75, 3.05) is 13.7 Å². The molecule has 2 aromatic rings. The highest BCUT2D eigenvalue weighted by molar-refractivity contribution is 6.00. The Morgan fingerprint density at radius 2 is 2.04 bits per heavy atom. The molecule has 3 heterocycles. The van der Waals surface area contributed by atoms with Crippen LogP contribution < -0.4 is 5.32 Å². The zero-order valence-electron chi connectivity index (χ0n) is 15.5. The van der Waals surface area contributed by atoms with Crippen LogP contribution in [0.5, 0.6) is 0 Å². The van der Waals surface area contributed by atoms with Crippen molar-refractivity contribution in [3.05, 3.63) is 34.2 Å². The Bertz CT molecular complexity index is 821. The number of aromatic nitrogens is 4. The highest BCUT2D eigenvalue weighted by Gasteiger charge is 2.22. The fourth-order valence-electron chi connectivity index (χ4n) is 3.49. The van der Waals surface area contributed by atoms with Gasteiger partial charge >= 0.3 is 5.97 Å². The number of amides is 1. The SMILES string of the molecule is COC(=O)c1c(C)[nH]c(C(=O)NCCc2nnc3n2CCCCC3)c1C. The van der Waals surface area contributed by atoms with Crippen LogP contribution in [0.15, 0.2) is 0 Å². The van der Waals surface area contributed by atoms with Gasteiger partial charge in [0.2, 0.25) is 0 Å². The molecule has 0 saturated heterocycles. The highest BCUT2D eigenvalue weighted by Crippen LogP contribution is 2.19. The second kappa shape index (κ2) is 7.72. The molecule has 1 amide bonds. The summed E-state index contributed by atoms with van der Waals surface area (Å²) in [5.41, 5.74) is 2.04. The van der Waals surface area contributed by atoms with E-state index < -0.39 is 5.97 Å². The van der Waals surface area contributed by atoms with Crippen molar-refractivity contribution in [2.24, 2.45) is 0 Å². The summed E-state index contributed by atoms with van der Waals surface area (Å²) in [5.74, 6) is 1.28. The van der Waals surface area contributed by atoms with E-state index in [-0.39, 0.29) is 5.91 Å². The molecular formula is C18H25N5O3. The second-order valence-corrected chi connectivity index (χ2v) is 6.62. The third-order valence-electron chi connectivity index (χ3n) is 4.87. The van der Waals surface area contributed by atoms with Crippen molar-refractivity contribution in [1.29, 1.82) is 0 Å². The number of fused-ring (bicyclic) bond motifs is 1. The molecule has 0 spiro atoms. The number of nitrogens with zero attached hydrogens (tertiary/aromatic N) is 3. The van der Waals surface area contributed by atoms with Crippen molar-refractivity contribution < 1.29 is 14.3 Å². The molecule has 0 aromatic carbocycles. The molecule has 8 nitrogen and oxygen atoms in total. The number of H-pyrrole nitrogens is 1.